The SMILES string of the molecule is CC(C(N)=S)N1CCN(C(=O)c2c(O)cccc2F)CC1. The molecule has 1 aliphatic rings. The number of piperazine rings is 1. The third kappa shape index (κ3) is 3.30. The molecule has 114 valence electrons. The fraction of sp³-hybridized carbons (Fsp3) is 0.429. The molecule has 0 aliphatic carbocycles. The van der Waals surface area contributed by atoms with E-state index in [1.165, 1.54) is 17.0 Å². The number of hydrogen-bond acceptors (Lipinski definition) is 4. The maximum absolute atomic E-state index is 13.7. The van der Waals surface area contributed by atoms with Gasteiger partial charge in [0.2, 0.25) is 0 Å². The van der Waals surface area contributed by atoms with Crippen molar-refractivity contribution >= 4 is 23.1 Å². The van der Waals surface area contributed by atoms with Gasteiger partial charge in [0.25, 0.3) is 5.91 Å². The van der Waals surface area contributed by atoms with Gasteiger partial charge < -0.3 is 15.7 Å². The predicted octanol–water partition coefficient (Wildman–Crippen LogP) is 0.964. The number of benzene rings is 1. The zero-order valence-electron chi connectivity index (χ0n) is 11.8. The first kappa shape index (κ1) is 15.7. The lowest BCUT2D eigenvalue weighted by Gasteiger charge is -2.37. The Bertz CT molecular complexity index is 539. The monoisotopic (exact) mass is 311 g/mol. The number of nitrogens with two attached hydrogens (primary N) is 1. The number of thiocarbonyl (C=S) groups is 1. The number of rotatable bonds is 3. The average Bonchev–Trinajstić information content (AvgIpc) is 2.46. The van der Waals surface area contributed by atoms with Crippen LogP contribution in [0.15, 0.2) is 18.2 Å². The fourth-order valence-corrected chi connectivity index (χ4v) is 2.52. The standard InChI is InChI=1S/C14H18FN3O2S/c1-9(13(16)21)17-5-7-18(8-6-17)14(20)12-10(15)3-2-4-11(12)19/h2-4,9,19H,5-8H2,1H3,(H2,16,21). The number of hydrogen-bond donors (Lipinski definition) is 2. The number of phenols is 1. The van der Waals surface area contributed by atoms with Crippen LogP contribution >= 0.6 is 12.2 Å². The molecule has 21 heavy (non-hydrogen) atoms. The smallest absolute Gasteiger partial charge is 0.260 e. The molecule has 1 aliphatic heterocycles. The summed E-state index contributed by atoms with van der Waals surface area (Å²) in [5, 5.41) is 9.67. The van der Waals surface area contributed by atoms with Crippen LogP contribution < -0.4 is 5.73 Å². The summed E-state index contributed by atoms with van der Waals surface area (Å²) in [4.78, 5) is 16.3. The van der Waals surface area contributed by atoms with Gasteiger partial charge in [-0.05, 0) is 19.1 Å². The fourth-order valence-electron chi connectivity index (χ4n) is 2.37. The molecule has 1 atom stereocenters. The van der Waals surface area contributed by atoms with E-state index in [0.717, 1.165) is 6.07 Å². The summed E-state index contributed by atoms with van der Waals surface area (Å²) in [7, 11) is 0. The highest BCUT2D eigenvalue weighted by atomic mass is 32.1. The average molecular weight is 311 g/mol. The molecule has 1 unspecified atom stereocenters. The minimum Gasteiger partial charge on any atom is -0.507 e. The Kier molecular flexibility index (Phi) is 4.74. The van der Waals surface area contributed by atoms with E-state index >= 15 is 0 Å². The van der Waals surface area contributed by atoms with Crippen molar-refractivity contribution in [3.63, 3.8) is 0 Å². The van der Waals surface area contributed by atoms with Crippen molar-refractivity contribution in [1.29, 1.82) is 0 Å². The van der Waals surface area contributed by atoms with Crippen molar-refractivity contribution in [3.8, 4) is 5.75 Å². The second-order valence-corrected chi connectivity index (χ2v) is 5.51. The van der Waals surface area contributed by atoms with Crippen LogP contribution in [0.2, 0.25) is 0 Å². The molecule has 1 aromatic rings. The number of halogens is 1. The zero-order valence-corrected chi connectivity index (χ0v) is 12.6. The molecule has 2 rings (SSSR count). The van der Waals surface area contributed by atoms with Gasteiger partial charge in [-0.1, -0.05) is 18.3 Å². The molecule has 0 bridgehead atoms. The highest BCUT2D eigenvalue weighted by Crippen LogP contribution is 2.22. The molecule has 3 N–H and O–H groups in total. The van der Waals surface area contributed by atoms with Gasteiger partial charge in [-0.2, -0.15) is 0 Å². The molecule has 1 amide bonds. The van der Waals surface area contributed by atoms with Crippen LogP contribution in [0, 0.1) is 5.82 Å². The maximum Gasteiger partial charge on any atom is 0.260 e. The Hall–Kier alpha value is -1.73. The first-order chi connectivity index (χ1) is 9.91. The Labute approximate surface area is 128 Å². The molecule has 1 aromatic carbocycles. The second-order valence-electron chi connectivity index (χ2n) is 5.04. The first-order valence-corrected chi connectivity index (χ1v) is 7.12. The first-order valence-electron chi connectivity index (χ1n) is 6.72. The Morgan fingerprint density at radius 3 is 2.52 bits per heavy atom. The van der Waals surface area contributed by atoms with Crippen molar-refractivity contribution in [3.05, 3.63) is 29.6 Å². The van der Waals surface area contributed by atoms with Crippen molar-refractivity contribution in [2.45, 2.75) is 13.0 Å². The molecular weight excluding hydrogens is 293 g/mol. The molecule has 0 spiro atoms. The molecule has 5 nitrogen and oxygen atoms in total. The van der Waals surface area contributed by atoms with Crippen LogP contribution in [-0.2, 0) is 0 Å². The van der Waals surface area contributed by atoms with E-state index in [1.54, 1.807) is 0 Å². The normalized spacial score (nSPS) is 17.5. The third-order valence-electron chi connectivity index (χ3n) is 3.77. The summed E-state index contributed by atoms with van der Waals surface area (Å²) in [5.41, 5.74) is 5.35. The molecule has 1 saturated heterocycles. The highest BCUT2D eigenvalue weighted by Gasteiger charge is 2.28. The minimum absolute atomic E-state index is 0.0286. The van der Waals surface area contributed by atoms with E-state index in [0.29, 0.717) is 31.2 Å². The quantitative estimate of drug-likeness (QED) is 0.814. The van der Waals surface area contributed by atoms with Gasteiger partial charge in [0.15, 0.2) is 0 Å². The summed E-state index contributed by atoms with van der Waals surface area (Å²) in [6.07, 6.45) is 0. The van der Waals surface area contributed by atoms with Crippen molar-refractivity contribution < 1.29 is 14.3 Å². The molecule has 0 saturated carbocycles. The van der Waals surface area contributed by atoms with E-state index < -0.39 is 11.7 Å². The molecular formula is C14H18FN3O2S. The van der Waals surface area contributed by atoms with Crippen LogP contribution in [0.3, 0.4) is 0 Å². The molecule has 0 radical (unpaired) electrons. The van der Waals surface area contributed by atoms with Crippen LogP contribution in [0.1, 0.15) is 17.3 Å². The Morgan fingerprint density at radius 1 is 1.38 bits per heavy atom. The lowest BCUT2D eigenvalue weighted by Crippen LogP contribution is -2.54. The largest absolute Gasteiger partial charge is 0.507 e. The van der Waals surface area contributed by atoms with Crippen molar-refractivity contribution in [1.82, 2.24) is 9.80 Å². The molecule has 1 heterocycles. The summed E-state index contributed by atoms with van der Waals surface area (Å²) in [6.45, 7) is 4.03. The second kappa shape index (κ2) is 6.36. The lowest BCUT2D eigenvalue weighted by atomic mass is 10.1. The predicted molar refractivity (Wildman–Crippen MR) is 81.8 cm³/mol. The van der Waals surface area contributed by atoms with Gasteiger partial charge >= 0.3 is 0 Å². The lowest BCUT2D eigenvalue weighted by molar-refractivity contribution is 0.0614. The van der Waals surface area contributed by atoms with Crippen LogP contribution in [0.5, 0.6) is 5.75 Å². The van der Waals surface area contributed by atoms with E-state index in [-0.39, 0.29) is 17.4 Å². The van der Waals surface area contributed by atoms with E-state index in [2.05, 4.69) is 4.90 Å². The Balaban J connectivity index is 2.06. The molecule has 1 fully saturated rings. The van der Waals surface area contributed by atoms with Crippen molar-refractivity contribution in [2.24, 2.45) is 5.73 Å². The summed E-state index contributed by atoms with van der Waals surface area (Å²) in [5.74, 6) is -1.54. The van der Waals surface area contributed by atoms with Gasteiger partial charge in [0.05, 0.1) is 11.0 Å². The summed E-state index contributed by atoms with van der Waals surface area (Å²) >= 11 is 4.96. The van der Waals surface area contributed by atoms with Crippen LogP contribution in [0.25, 0.3) is 0 Å². The Morgan fingerprint density at radius 2 is 2.00 bits per heavy atom. The molecule has 0 aromatic heterocycles. The topological polar surface area (TPSA) is 69.8 Å². The van der Waals surface area contributed by atoms with Crippen molar-refractivity contribution in [2.75, 3.05) is 26.2 Å². The van der Waals surface area contributed by atoms with Gasteiger partial charge in [-0.3, -0.25) is 9.69 Å². The van der Waals surface area contributed by atoms with Gasteiger partial charge in [0, 0.05) is 26.2 Å². The van der Waals surface area contributed by atoms with Gasteiger partial charge in [-0.15, -0.1) is 0 Å². The van der Waals surface area contributed by atoms with Gasteiger partial charge in [-0.25, -0.2) is 4.39 Å². The number of carbonyl (C=O) groups is 1. The minimum atomic E-state index is -0.709. The summed E-state index contributed by atoms with van der Waals surface area (Å²) in [6, 6.07) is 3.81. The third-order valence-corrected chi connectivity index (χ3v) is 4.11. The number of phenolic OH excluding ortho intramolecular Hbond substituents is 1. The van der Waals surface area contributed by atoms with Crippen LogP contribution in [-0.4, -0.2) is 58.0 Å². The van der Waals surface area contributed by atoms with Gasteiger partial charge in [0.1, 0.15) is 17.1 Å². The van der Waals surface area contributed by atoms with E-state index in [9.17, 15) is 14.3 Å². The molecule has 7 heteroatoms. The highest BCUT2D eigenvalue weighted by molar-refractivity contribution is 7.80. The maximum atomic E-state index is 13.7. The zero-order chi connectivity index (χ0) is 15.6. The van der Waals surface area contributed by atoms with Crippen LogP contribution in [0.4, 0.5) is 4.39 Å². The summed E-state index contributed by atoms with van der Waals surface area (Å²) < 4.78 is 13.7. The number of amides is 1. The number of nitrogens with zero attached hydrogens (tertiary/aromatic N) is 2. The van der Waals surface area contributed by atoms with E-state index in [4.69, 9.17) is 18.0 Å². The number of carbonyl (C=O) groups excluding carboxylic acids is 1. The van der Waals surface area contributed by atoms with E-state index in [1.807, 2.05) is 6.92 Å². The number of aromatic hydroxyl groups is 1.